The van der Waals surface area contributed by atoms with E-state index in [2.05, 4.69) is 10.3 Å². The molecule has 0 radical (unpaired) electrons. The number of hydrogen-bond acceptors (Lipinski definition) is 8. The van der Waals surface area contributed by atoms with Crippen LogP contribution in [0.2, 0.25) is 5.02 Å². The molecule has 0 saturated carbocycles. The second-order valence-corrected chi connectivity index (χ2v) is 9.79. The normalized spacial score (nSPS) is 18.0. The minimum Gasteiger partial charge on any atom is -0.486 e. The summed E-state index contributed by atoms with van der Waals surface area (Å²) in [4.78, 5) is 4.37. The highest BCUT2D eigenvalue weighted by molar-refractivity contribution is 7.91. The van der Waals surface area contributed by atoms with Crippen LogP contribution in [0, 0.1) is 0 Å². The second-order valence-electron chi connectivity index (χ2n) is 7.49. The third-order valence-corrected chi connectivity index (χ3v) is 7.16. The number of anilines is 1. The zero-order valence-corrected chi connectivity index (χ0v) is 18.6. The highest BCUT2D eigenvalue weighted by Crippen LogP contribution is 2.37. The van der Waals surface area contributed by atoms with Crippen molar-refractivity contribution in [2.75, 3.05) is 31.7 Å². The standard InChI is InChI=1S/C22H21ClN2O6S/c23-15-4-1-3-14(11-15)20-25-22(21(31-20)24-13-16-5-2-8-28-16)32(26,27)17-6-7-18-19(12-17)30-10-9-29-18/h1,3-4,6-7,11-12,16,24H,2,5,8-10,13H2. The molecule has 1 fully saturated rings. The van der Waals surface area contributed by atoms with E-state index in [1.54, 1.807) is 30.3 Å². The number of benzene rings is 2. The Hall–Kier alpha value is -2.75. The number of rotatable bonds is 6. The first-order chi connectivity index (χ1) is 15.5. The van der Waals surface area contributed by atoms with E-state index in [1.807, 2.05) is 0 Å². The molecular formula is C22H21ClN2O6S. The topological polar surface area (TPSA) is 99.9 Å². The lowest BCUT2D eigenvalue weighted by molar-refractivity contribution is 0.120. The Morgan fingerprint density at radius 2 is 1.91 bits per heavy atom. The molecule has 2 aliphatic rings. The maximum absolute atomic E-state index is 13.5. The Balaban J connectivity index is 1.54. The van der Waals surface area contributed by atoms with Crippen LogP contribution in [0.25, 0.3) is 11.5 Å². The SMILES string of the molecule is O=S(=O)(c1ccc2c(c1)OCCO2)c1nc(-c2cccc(Cl)c2)oc1NCC1CCCO1. The van der Waals surface area contributed by atoms with Crippen molar-refractivity contribution in [3.05, 3.63) is 47.5 Å². The Kier molecular flexibility index (Phi) is 5.71. The fourth-order valence-electron chi connectivity index (χ4n) is 3.66. The van der Waals surface area contributed by atoms with Gasteiger partial charge in [-0.1, -0.05) is 17.7 Å². The predicted octanol–water partition coefficient (Wildman–Crippen LogP) is 4.19. The van der Waals surface area contributed by atoms with Gasteiger partial charge in [-0.2, -0.15) is 4.98 Å². The van der Waals surface area contributed by atoms with Gasteiger partial charge in [0.2, 0.25) is 26.6 Å². The first-order valence-corrected chi connectivity index (χ1v) is 12.1. The molecule has 3 aromatic rings. The maximum atomic E-state index is 13.5. The third-order valence-electron chi connectivity index (χ3n) is 5.26. The van der Waals surface area contributed by atoms with Crippen LogP contribution in [0.4, 0.5) is 5.88 Å². The molecule has 0 spiro atoms. The van der Waals surface area contributed by atoms with E-state index in [-0.39, 0.29) is 27.8 Å². The number of sulfone groups is 1. The molecule has 10 heteroatoms. The fraction of sp³-hybridized carbons (Fsp3) is 0.318. The Labute approximate surface area is 190 Å². The third kappa shape index (κ3) is 4.15. The van der Waals surface area contributed by atoms with Crippen LogP contribution in [0.5, 0.6) is 11.5 Å². The molecule has 0 amide bonds. The van der Waals surface area contributed by atoms with Gasteiger partial charge >= 0.3 is 0 Å². The van der Waals surface area contributed by atoms with Gasteiger partial charge in [-0.05, 0) is 43.2 Å². The molecule has 1 aromatic heterocycles. The van der Waals surface area contributed by atoms with Gasteiger partial charge < -0.3 is 23.9 Å². The summed E-state index contributed by atoms with van der Waals surface area (Å²) in [5.74, 6) is 1.10. The average molecular weight is 477 g/mol. The van der Waals surface area contributed by atoms with Crippen molar-refractivity contribution in [3.63, 3.8) is 0 Å². The number of ether oxygens (including phenoxy) is 3. The van der Waals surface area contributed by atoms with Gasteiger partial charge in [0.25, 0.3) is 0 Å². The first kappa shape index (κ1) is 21.1. The summed E-state index contributed by atoms with van der Waals surface area (Å²) in [6.07, 6.45) is 1.85. The molecule has 5 rings (SSSR count). The fourth-order valence-corrected chi connectivity index (χ4v) is 5.14. The molecule has 1 atom stereocenters. The summed E-state index contributed by atoms with van der Waals surface area (Å²) in [6.45, 7) is 1.88. The van der Waals surface area contributed by atoms with E-state index in [1.165, 1.54) is 12.1 Å². The molecule has 8 nitrogen and oxygen atoms in total. The molecular weight excluding hydrogens is 456 g/mol. The number of aromatic nitrogens is 1. The molecule has 1 saturated heterocycles. The van der Waals surface area contributed by atoms with Crippen molar-refractivity contribution < 1.29 is 27.0 Å². The van der Waals surface area contributed by atoms with Crippen LogP contribution in [0.3, 0.4) is 0 Å². The van der Waals surface area contributed by atoms with Gasteiger partial charge in [-0.25, -0.2) is 8.42 Å². The van der Waals surface area contributed by atoms with E-state index in [9.17, 15) is 8.42 Å². The highest BCUT2D eigenvalue weighted by atomic mass is 35.5. The second kappa shape index (κ2) is 8.65. The van der Waals surface area contributed by atoms with Crippen LogP contribution in [-0.2, 0) is 14.6 Å². The molecule has 168 valence electrons. The van der Waals surface area contributed by atoms with Crippen molar-refractivity contribution in [2.45, 2.75) is 28.9 Å². The molecule has 2 aromatic carbocycles. The molecule has 1 unspecified atom stereocenters. The van der Waals surface area contributed by atoms with Gasteiger partial charge in [-0.3, -0.25) is 0 Å². The van der Waals surface area contributed by atoms with Gasteiger partial charge in [0, 0.05) is 29.8 Å². The lowest BCUT2D eigenvalue weighted by Gasteiger charge is -2.18. The predicted molar refractivity (Wildman–Crippen MR) is 117 cm³/mol. The number of halogens is 1. The zero-order valence-electron chi connectivity index (χ0n) is 17.0. The minimum atomic E-state index is -4.02. The van der Waals surface area contributed by atoms with E-state index in [0.29, 0.717) is 48.5 Å². The molecule has 0 aliphatic carbocycles. The Bertz CT molecular complexity index is 1240. The van der Waals surface area contributed by atoms with Gasteiger partial charge in [0.05, 0.1) is 11.0 Å². The summed E-state index contributed by atoms with van der Waals surface area (Å²) in [5, 5.41) is 3.36. The monoisotopic (exact) mass is 476 g/mol. The van der Waals surface area contributed by atoms with Crippen LogP contribution in [0.15, 0.2) is 56.8 Å². The van der Waals surface area contributed by atoms with Crippen LogP contribution >= 0.6 is 11.6 Å². The summed E-state index contributed by atoms with van der Waals surface area (Å²) >= 11 is 6.10. The lowest BCUT2D eigenvalue weighted by Crippen LogP contribution is -2.19. The van der Waals surface area contributed by atoms with E-state index >= 15 is 0 Å². The average Bonchev–Trinajstić information content (AvgIpc) is 3.47. The largest absolute Gasteiger partial charge is 0.486 e. The Morgan fingerprint density at radius 1 is 1.06 bits per heavy atom. The smallest absolute Gasteiger partial charge is 0.233 e. The van der Waals surface area contributed by atoms with Crippen molar-refractivity contribution >= 4 is 27.3 Å². The number of oxazole rings is 1. The molecule has 3 heterocycles. The summed E-state index contributed by atoms with van der Waals surface area (Å²) in [6, 6.07) is 11.4. The molecule has 32 heavy (non-hydrogen) atoms. The number of nitrogens with zero attached hydrogens (tertiary/aromatic N) is 1. The van der Waals surface area contributed by atoms with Gasteiger partial charge in [0.15, 0.2) is 11.5 Å². The van der Waals surface area contributed by atoms with Gasteiger partial charge in [0.1, 0.15) is 13.2 Å². The number of hydrogen-bond donors (Lipinski definition) is 1. The van der Waals surface area contributed by atoms with Crippen molar-refractivity contribution in [3.8, 4) is 23.0 Å². The van der Waals surface area contributed by atoms with Crippen LogP contribution in [-0.4, -0.2) is 45.9 Å². The summed E-state index contributed by atoms with van der Waals surface area (Å²) in [7, 11) is -4.02. The quantitative estimate of drug-likeness (QED) is 0.565. The van der Waals surface area contributed by atoms with Crippen LogP contribution in [0.1, 0.15) is 12.8 Å². The highest BCUT2D eigenvalue weighted by Gasteiger charge is 2.30. The van der Waals surface area contributed by atoms with E-state index in [4.69, 9.17) is 30.2 Å². The molecule has 2 aliphatic heterocycles. The number of fused-ring (bicyclic) bond motifs is 1. The first-order valence-electron chi connectivity index (χ1n) is 10.3. The molecule has 0 bridgehead atoms. The van der Waals surface area contributed by atoms with Crippen molar-refractivity contribution in [2.24, 2.45) is 0 Å². The molecule has 1 N–H and O–H groups in total. The van der Waals surface area contributed by atoms with E-state index < -0.39 is 9.84 Å². The minimum absolute atomic E-state index is 0.0143. The van der Waals surface area contributed by atoms with Crippen LogP contribution < -0.4 is 14.8 Å². The number of nitrogens with one attached hydrogen (secondary N) is 1. The van der Waals surface area contributed by atoms with Crippen molar-refractivity contribution in [1.82, 2.24) is 4.98 Å². The zero-order chi connectivity index (χ0) is 22.1. The van der Waals surface area contributed by atoms with Gasteiger partial charge in [-0.15, -0.1) is 0 Å². The maximum Gasteiger partial charge on any atom is 0.233 e. The lowest BCUT2D eigenvalue weighted by atomic mass is 10.2. The van der Waals surface area contributed by atoms with Crippen molar-refractivity contribution in [1.29, 1.82) is 0 Å². The Morgan fingerprint density at radius 3 is 2.69 bits per heavy atom. The van der Waals surface area contributed by atoms with E-state index in [0.717, 1.165) is 12.8 Å². The summed E-state index contributed by atoms with van der Waals surface area (Å²) in [5.41, 5.74) is 0.571. The summed E-state index contributed by atoms with van der Waals surface area (Å²) < 4.78 is 49.6.